The summed E-state index contributed by atoms with van der Waals surface area (Å²) in [6.07, 6.45) is -4.40. The van der Waals surface area contributed by atoms with Crippen molar-refractivity contribution in [3.05, 3.63) is 0 Å². The molecule has 2 heterocycles. The Morgan fingerprint density at radius 1 is 1.29 bits per heavy atom. The second-order valence-electron chi connectivity index (χ2n) is 4.98. The predicted octanol–water partition coefficient (Wildman–Crippen LogP) is 0.158. The number of alkyl halides is 3. The van der Waals surface area contributed by atoms with E-state index in [9.17, 15) is 27.6 Å². The Hall–Kier alpha value is -1.84. The average molecular weight is 310 g/mol. The molecule has 2 fully saturated rings. The lowest BCUT2D eigenvalue weighted by molar-refractivity contribution is -0.249. The number of halogens is 3. The fourth-order valence-electron chi connectivity index (χ4n) is 2.74. The van der Waals surface area contributed by atoms with E-state index in [1.165, 1.54) is 0 Å². The van der Waals surface area contributed by atoms with Gasteiger partial charge in [-0.25, -0.2) is 4.79 Å². The Kier molecular flexibility index (Phi) is 3.83. The summed E-state index contributed by atoms with van der Waals surface area (Å²) < 4.78 is 36.7. The van der Waals surface area contributed by atoms with E-state index in [1.807, 2.05) is 0 Å². The molecule has 2 aliphatic heterocycles. The average Bonchev–Trinajstić information content (AvgIpc) is 2.88. The van der Waals surface area contributed by atoms with E-state index in [-0.39, 0.29) is 25.9 Å². The highest BCUT2D eigenvalue weighted by Gasteiger charge is 2.57. The molecule has 0 saturated carbocycles. The van der Waals surface area contributed by atoms with Crippen LogP contribution < -0.4 is 0 Å². The van der Waals surface area contributed by atoms with Crippen molar-refractivity contribution < 1.29 is 37.5 Å². The Bertz CT molecular complexity index is 481. The molecule has 0 aromatic carbocycles. The molecular formula is C11H13F3N2O5. The van der Waals surface area contributed by atoms with Crippen molar-refractivity contribution in [1.29, 1.82) is 0 Å². The van der Waals surface area contributed by atoms with Crippen LogP contribution >= 0.6 is 0 Å². The third-order valence-electron chi connectivity index (χ3n) is 3.66. The van der Waals surface area contributed by atoms with E-state index < -0.39 is 36.1 Å². The topological polar surface area (TPSA) is 87.2 Å². The minimum absolute atomic E-state index is 0.00840. The van der Waals surface area contributed by atoms with Crippen molar-refractivity contribution in [2.24, 2.45) is 0 Å². The van der Waals surface area contributed by atoms with E-state index in [0.29, 0.717) is 6.42 Å². The largest absolute Gasteiger partial charge is 0.492 e. The van der Waals surface area contributed by atoms with Gasteiger partial charge in [0, 0.05) is 13.1 Å². The molecule has 1 atom stereocenters. The summed E-state index contributed by atoms with van der Waals surface area (Å²) in [5, 5.41) is 9.46. The maximum Gasteiger partial charge on any atom is 0.492 e. The smallest absolute Gasteiger partial charge is 0.480 e. The van der Waals surface area contributed by atoms with E-state index in [0.717, 1.165) is 9.96 Å². The molecule has 21 heavy (non-hydrogen) atoms. The molecule has 2 rings (SSSR count). The summed E-state index contributed by atoms with van der Waals surface area (Å²) in [4.78, 5) is 39.2. The number of carboxylic acids is 1. The minimum atomic E-state index is -5.15. The van der Waals surface area contributed by atoms with Gasteiger partial charge in [-0.2, -0.15) is 13.2 Å². The number of nitrogens with zero attached hydrogens (tertiary/aromatic N) is 2. The van der Waals surface area contributed by atoms with Gasteiger partial charge in [-0.1, -0.05) is 0 Å². The highest BCUT2D eigenvalue weighted by atomic mass is 19.4. The van der Waals surface area contributed by atoms with Gasteiger partial charge < -0.3 is 14.8 Å². The van der Waals surface area contributed by atoms with Crippen molar-refractivity contribution in [3.8, 4) is 0 Å². The van der Waals surface area contributed by atoms with Crippen molar-refractivity contribution in [2.75, 3.05) is 19.6 Å². The van der Waals surface area contributed by atoms with Crippen LogP contribution in [0.25, 0.3) is 0 Å². The molecule has 0 bridgehead atoms. The van der Waals surface area contributed by atoms with Crippen LogP contribution in [-0.4, -0.2) is 64.3 Å². The summed E-state index contributed by atoms with van der Waals surface area (Å²) in [5.41, 5.74) is -1.36. The van der Waals surface area contributed by atoms with Gasteiger partial charge in [0.05, 0.1) is 0 Å². The minimum Gasteiger partial charge on any atom is -0.480 e. The Labute approximate surface area is 117 Å². The summed E-state index contributed by atoms with van der Waals surface area (Å²) in [6, 6.07) is 0. The standard InChI is InChI=1S/C11H13F3N2O5/c12-11(13,14)9(20)21-16-4-1-2-10(16)3-5-15(8(10)19)6-7(17)18/h1-6H2,(H,17,18). The Morgan fingerprint density at radius 2 is 1.95 bits per heavy atom. The van der Waals surface area contributed by atoms with Crippen molar-refractivity contribution >= 4 is 17.8 Å². The van der Waals surface area contributed by atoms with Gasteiger partial charge in [-0.05, 0) is 19.3 Å². The van der Waals surface area contributed by atoms with Gasteiger partial charge in [0.25, 0.3) is 0 Å². The van der Waals surface area contributed by atoms with Gasteiger partial charge >= 0.3 is 18.1 Å². The number of likely N-dealkylation sites (tertiary alicyclic amines) is 1. The zero-order chi connectivity index (χ0) is 15.8. The first-order valence-corrected chi connectivity index (χ1v) is 6.25. The third-order valence-corrected chi connectivity index (χ3v) is 3.66. The zero-order valence-corrected chi connectivity index (χ0v) is 10.9. The second kappa shape index (κ2) is 5.17. The fourth-order valence-corrected chi connectivity index (χ4v) is 2.74. The molecule has 118 valence electrons. The summed E-state index contributed by atoms with van der Waals surface area (Å²) in [5.74, 6) is -4.21. The van der Waals surface area contributed by atoms with Crippen LogP contribution in [0.2, 0.25) is 0 Å². The SMILES string of the molecule is O=C(O)CN1CCC2(CCCN2OC(=O)C(F)(F)F)C1=O. The second-order valence-corrected chi connectivity index (χ2v) is 4.98. The van der Waals surface area contributed by atoms with Gasteiger partial charge in [0.2, 0.25) is 5.91 Å². The van der Waals surface area contributed by atoms with Crippen LogP contribution in [-0.2, 0) is 19.2 Å². The number of hydrogen-bond donors (Lipinski definition) is 1. The van der Waals surface area contributed by atoms with Crippen LogP contribution in [0.5, 0.6) is 0 Å². The lowest BCUT2D eigenvalue weighted by Crippen LogP contribution is -2.52. The molecule has 2 aliphatic rings. The molecule has 0 radical (unpaired) electrons. The number of rotatable bonds is 3. The third kappa shape index (κ3) is 2.80. The molecule has 1 N–H and O–H groups in total. The monoisotopic (exact) mass is 310 g/mol. The number of carbonyl (C=O) groups is 3. The summed E-state index contributed by atoms with van der Waals surface area (Å²) in [6.45, 7) is -0.415. The zero-order valence-electron chi connectivity index (χ0n) is 10.9. The van der Waals surface area contributed by atoms with Crippen LogP contribution in [0.1, 0.15) is 19.3 Å². The maximum atomic E-state index is 12.3. The predicted molar refractivity (Wildman–Crippen MR) is 59.7 cm³/mol. The van der Waals surface area contributed by atoms with Crippen molar-refractivity contribution in [3.63, 3.8) is 0 Å². The summed E-state index contributed by atoms with van der Waals surface area (Å²) in [7, 11) is 0. The molecule has 0 aliphatic carbocycles. The number of hydrogen-bond acceptors (Lipinski definition) is 5. The molecule has 1 amide bonds. The first kappa shape index (κ1) is 15.5. The lowest BCUT2D eigenvalue weighted by atomic mass is 9.95. The number of amides is 1. The number of carboxylic acid groups (broad SMARTS) is 1. The van der Waals surface area contributed by atoms with Gasteiger partial charge in [-0.15, -0.1) is 5.06 Å². The Balaban J connectivity index is 2.13. The quantitative estimate of drug-likeness (QED) is 0.799. The molecule has 1 spiro atoms. The van der Waals surface area contributed by atoms with E-state index in [2.05, 4.69) is 4.84 Å². The fraction of sp³-hybridized carbons (Fsp3) is 0.727. The maximum absolute atomic E-state index is 12.3. The molecule has 0 aromatic heterocycles. The van der Waals surface area contributed by atoms with Crippen molar-refractivity contribution in [2.45, 2.75) is 31.0 Å². The van der Waals surface area contributed by atoms with Crippen LogP contribution in [0, 0.1) is 0 Å². The highest BCUT2D eigenvalue weighted by molar-refractivity contribution is 5.91. The molecule has 1 unspecified atom stereocenters. The van der Waals surface area contributed by atoms with Crippen LogP contribution in [0.4, 0.5) is 13.2 Å². The van der Waals surface area contributed by atoms with E-state index in [1.54, 1.807) is 0 Å². The highest BCUT2D eigenvalue weighted by Crippen LogP contribution is 2.39. The molecular weight excluding hydrogens is 297 g/mol. The first-order valence-electron chi connectivity index (χ1n) is 6.25. The van der Waals surface area contributed by atoms with Crippen molar-refractivity contribution in [1.82, 2.24) is 9.96 Å². The number of hydroxylamine groups is 2. The van der Waals surface area contributed by atoms with Crippen LogP contribution in [0.3, 0.4) is 0 Å². The molecule has 10 heteroatoms. The molecule has 2 saturated heterocycles. The summed E-state index contributed by atoms with van der Waals surface area (Å²) >= 11 is 0. The van der Waals surface area contributed by atoms with Gasteiger partial charge in [-0.3, -0.25) is 9.59 Å². The Morgan fingerprint density at radius 3 is 2.52 bits per heavy atom. The first-order chi connectivity index (χ1) is 9.67. The van der Waals surface area contributed by atoms with E-state index >= 15 is 0 Å². The van der Waals surface area contributed by atoms with Gasteiger partial charge in [0.1, 0.15) is 12.1 Å². The van der Waals surface area contributed by atoms with Crippen LogP contribution in [0.15, 0.2) is 0 Å². The normalized spacial score (nSPS) is 26.6. The lowest BCUT2D eigenvalue weighted by Gasteiger charge is -2.31. The molecule has 0 aromatic rings. The van der Waals surface area contributed by atoms with Gasteiger partial charge in [0.15, 0.2) is 0 Å². The number of aliphatic carboxylic acids is 1. The number of carbonyl (C=O) groups excluding carboxylic acids is 2. The molecule has 7 nitrogen and oxygen atoms in total. The van der Waals surface area contributed by atoms with E-state index in [4.69, 9.17) is 5.11 Å².